The average Bonchev–Trinajstić information content (AvgIpc) is 3.30. The predicted octanol–water partition coefficient (Wildman–Crippen LogP) is 2.74. The van der Waals surface area contributed by atoms with Crippen molar-refractivity contribution in [3.05, 3.63) is 53.9 Å². The van der Waals surface area contributed by atoms with Crippen LogP contribution in [0.4, 0.5) is 10.8 Å². The number of aryl methyl sites for hydroxylation is 1. The van der Waals surface area contributed by atoms with Crippen molar-refractivity contribution in [1.82, 2.24) is 14.9 Å². The van der Waals surface area contributed by atoms with E-state index < -0.39 is 0 Å². The third kappa shape index (κ3) is 2.47. The number of amides is 1. The highest BCUT2D eigenvalue weighted by Gasteiger charge is 2.48. The second kappa shape index (κ2) is 5.72. The number of carbonyl (C=O) groups is 1. The zero-order chi connectivity index (χ0) is 17.7. The Labute approximate surface area is 150 Å². The lowest BCUT2D eigenvalue weighted by Crippen LogP contribution is -2.37. The number of rotatable bonds is 3. The van der Waals surface area contributed by atoms with Gasteiger partial charge in [0.15, 0.2) is 5.58 Å². The monoisotopic (exact) mass is 350 g/mol. The van der Waals surface area contributed by atoms with Gasteiger partial charge in [-0.05, 0) is 36.8 Å². The molecule has 0 bridgehead atoms. The molecule has 0 N–H and O–H groups in total. The van der Waals surface area contributed by atoms with Crippen LogP contribution in [0.1, 0.15) is 11.3 Å². The maximum absolute atomic E-state index is 12.2. The molecule has 7 nitrogen and oxygen atoms in total. The Bertz CT molecular complexity index is 971. The fourth-order valence-electron chi connectivity index (χ4n) is 3.67. The number of oxazole rings is 1. The third-order valence-electron chi connectivity index (χ3n) is 4.98. The molecule has 3 aromatic rings. The molecule has 4 heterocycles. The maximum Gasteiger partial charge on any atom is 0.410 e. The molecule has 2 aromatic heterocycles. The molecule has 7 heteroatoms. The van der Waals surface area contributed by atoms with Gasteiger partial charge in [-0.15, -0.1) is 0 Å². The Morgan fingerprint density at radius 3 is 3.00 bits per heavy atom. The van der Waals surface area contributed by atoms with Crippen LogP contribution in [0.2, 0.25) is 0 Å². The highest BCUT2D eigenvalue weighted by Crippen LogP contribution is 2.32. The van der Waals surface area contributed by atoms with E-state index in [0.29, 0.717) is 25.6 Å². The number of carbonyl (C=O) groups excluding carboxylic acids is 1. The van der Waals surface area contributed by atoms with Crippen LogP contribution in [-0.4, -0.2) is 46.2 Å². The first-order valence-corrected chi connectivity index (χ1v) is 8.67. The molecule has 2 aliphatic rings. The van der Waals surface area contributed by atoms with Crippen molar-refractivity contribution >= 4 is 23.2 Å². The summed E-state index contributed by atoms with van der Waals surface area (Å²) < 4.78 is 11.5. The van der Waals surface area contributed by atoms with E-state index in [1.54, 1.807) is 11.1 Å². The van der Waals surface area contributed by atoms with Crippen LogP contribution < -0.4 is 4.90 Å². The Kier molecular flexibility index (Phi) is 3.34. The van der Waals surface area contributed by atoms with Crippen molar-refractivity contribution in [2.75, 3.05) is 18.0 Å². The van der Waals surface area contributed by atoms with Gasteiger partial charge in [0.1, 0.15) is 11.6 Å². The molecule has 132 valence electrons. The number of aromatic nitrogens is 2. The van der Waals surface area contributed by atoms with Crippen molar-refractivity contribution in [2.45, 2.75) is 25.6 Å². The van der Waals surface area contributed by atoms with Gasteiger partial charge in [-0.25, -0.2) is 4.79 Å². The van der Waals surface area contributed by atoms with E-state index in [2.05, 4.69) is 9.97 Å². The summed E-state index contributed by atoms with van der Waals surface area (Å²) in [4.78, 5) is 24.9. The average molecular weight is 350 g/mol. The molecule has 26 heavy (non-hydrogen) atoms. The molecule has 2 saturated heterocycles. The van der Waals surface area contributed by atoms with Gasteiger partial charge in [0.2, 0.25) is 0 Å². The molecule has 0 spiro atoms. The van der Waals surface area contributed by atoms with E-state index in [0.717, 1.165) is 22.4 Å². The van der Waals surface area contributed by atoms with Crippen molar-refractivity contribution in [1.29, 1.82) is 0 Å². The fourth-order valence-corrected chi connectivity index (χ4v) is 3.67. The van der Waals surface area contributed by atoms with Gasteiger partial charge in [0.05, 0.1) is 24.8 Å². The number of anilines is 1. The van der Waals surface area contributed by atoms with Crippen molar-refractivity contribution in [3.8, 4) is 0 Å². The Balaban J connectivity index is 1.38. The van der Waals surface area contributed by atoms with Crippen LogP contribution in [0.5, 0.6) is 0 Å². The number of ether oxygens (including phenoxy) is 1. The SMILES string of the molecule is Cc1ccc2oc(N3C[C@@H]4OC(=O)N(Cc5ccccn5)[C@@H]4C3)nc2c1. The summed E-state index contributed by atoms with van der Waals surface area (Å²) in [7, 11) is 0. The highest BCUT2D eigenvalue weighted by molar-refractivity contribution is 5.76. The number of fused-ring (bicyclic) bond motifs is 2. The lowest BCUT2D eigenvalue weighted by molar-refractivity contribution is 0.134. The van der Waals surface area contributed by atoms with Crippen LogP contribution in [-0.2, 0) is 11.3 Å². The molecule has 0 unspecified atom stereocenters. The molecular weight excluding hydrogens is 332 g/mol. The fraction of sp³-hybridized carbons (Fsp3) is 0.316. The van der Waals surface area contributed by atoms with E-state index in [-0.39, 0.29) is 18.2 Å². The summed E-state index contributed by atoms with van der Waals surface area (Å²) in [6, 6.07) is 12.2. The molecule has 1 amide bonds. The summed E-state index contributed by atoms with van der Waals surface area (Å²) in [6.45, 7) is 3.69. The van der Waals surface area contributed by atoms with E-state index in [1.165, 1.54) is 0 Å². The second-order valence-corrected chi connectivity index (χ2v) is 6.81. The summed E-state index contributed by atoms with van der Waals surface area (Å²) >= 11 is 0. The largest absolute Gasteiger partial charge is 0.442 e. The van der Waals surface area contributed by atoms with Gasteiger partial charge in [-0.1, -0.05) is 12.1 Å². The van der Waals surface area contributed by atoms with E-state index in [4.69, 9.17) is 9.15 Å². The van der Waals surface area contributed by atoms with Crippen LogP contribution in [0.25, 0.3) is 11.1 Å². The lowest BCUT2D eigenvalue weighted by Gasteiger charge is -2.21. The van der Waals surface area contributed by atoms with Crippen molar-refractivity contribution < 1.29 is 13.9 Å². The number of benzene rings is 1. The summed E-state index contributed by atoms with van der Waals surface area (Å²) in [5.41, 5.74) is 3.61. The number of hydrogen-bond acceptors (Lipinski definition) is 6. The Morgan fingerprint density at radius 1 is 1.23 bits per heavy atom. The molecule has 2 fully saturated rings. The van der Waals surface area contributed by atoms with Gasteiger partial charge in [0.25, 0.3) is 6.01 Å². The molecule has 2 aliphatic heterocycles. The number of hydrogen-bond donors (Lipinski definition) is 0. The quantitative estimate of drug-likeness (QED) is 0.723. The molecule has 0 radical (unpaired) electrons. The van der Waals surface area contributed by atoms with E-state index in [1.807, 2.05) is 48.2 Å². The smallest absolute Gasteiger partial charge is 0.410 e. The first kappa shape index (κ1) is 15.2. The van der Waals surface area contributed by atoms with E-state index in [9.17, 15) is 4.79 Å². The molecule has 5 rings (SSSR count). The highest BCUT2D eigenvalue weighted by atomic mass is 16.6. The second-order valence-electron chi connectivity index (χ2n) is 6.81. The first-order chi connectivity index (χ1) is 12.7. The first-order valence-electron chi connectivity index (χ1n) is 8.67. The zero-order valence-electron chi connectivity index (χ0n) is 14.3. The summed E-state index contributed by atoms with van der Waals surface area (Å²) in [5, 5.41) is 0. The normalized spacial score (nSPS) is 22.1. The van der Waals surface area contributed by atoms with Gasteiger partial charge in [-0.3, -0.25) is 9.88 Å². The molecular formula is C19H18N4O3. The van der Waals surface area contributed by atoms with Crippen LogP contribution >= 0.6 is 0 Å². The van der Waals surface area contributed by atoms with Gasteiger partial charge in [0, 0.05) is 12.7 Å². The van der Waals surface area contributed by atoms with Gasteiger partial charge >= 0.3 is 6.09 Å². The minimum atomic E-state index is -0.279. The van der Waals surface area contributed by atoms with E-state index >= 15 is 0 Å². The predicted molar refractivity (Wildman–Crippen MR) is 94.8 cm³/mol. The number of pyridine rings is 1. The third-order valence-corrected chi connectivity index (χ3v) is 4.98. The summed E-state index contributed by atoms with van der Waals surface area (Å²) in [5.74, 6) is 0. The Morgan fingerprint density at radius 2 is 2.15 bits per heavy atom. The molecule has 0 saturated carbocycles. The minimum Gasteiger partial charge on any atom is -0.442 e. The molecule has 0 aliphatic carbocycles. The molecule has 2 atom stereocenters. The van der Waals surface area contributed by atoms with Gasteiger partial charge < -0.3 is 14.1 Å². The lowest BCUT2D eigenvalue weighted by atomic mass is 10.2. The van der Waals surface area contributed by atoms with Crippen molar-refractivity contribution in [3.63, 3.8) is 0 Å². The van der Waals surface area contributed by atoms with Crippen LogP contribution in [0.3, 0.4) is 0 Å². The maximum atomic E-state index is 12.2. The Hall–Kier alpha value is -3.09. The van der Waals surface area contributed by atoms with Crippen molar-refractivity contribution in [2.24, 2.45) is 0 Å². The zero-order valence-corrected chi connectivity index (χ0v) is 14.3. The van der Waals surface area contributed by atoms with Crippen LogP contribution in [0.15, 0.2) is 47.0 Å². The summed E-state index contributed by atoms with van der Waals surface area (Å²) in [6.07, 6.45) is 1.27. The minimum absolute atomic E-state index is 0.0266. The number of nitrogens with zero attached hydrogens (tertiary/aromatic N) is 4. The van der Waals surface area contributed by atoms with Crippen LogP contribution in [0, 0.1) is 6.92 Å². The van der Waals surface area contributed by atoms with Gasteiger partial charge in [-0.2, -0.15) is 4.98 Å². The standard InChI is InChI=1S/C19H18N4O3/c1-12-5-6-16-14(8-12)21-18(25-16)22-10-15-17(11-22)26-19(24)23(15)9-13-4-2-3-7-20-13/h2-8,15,17H,9-11H2,1H3/t15-,17+/m1/s1. The topological polar surface area (TPSA) is 71.7 Å². The molecule has 1 aromatic carbocycles.